The lowest BCUT2D eigenvalue weighted by molar-refractivity contribution is 0.421. The van der Waals surface area contributed by atoms with Crippen molar-refractivity contribution < 1.29 is 0 Å². The molecule has 0 radical (unpaired) electrons. The van der Waals surface area contributed by atoms with Crippen molar-refractivity contribution in [3.05, 3.63) is 36.2 Å². The van der Waals surface area contributed by atoms with Crippen molar-refractivity contribution >= 4 is 0 Å². The first-order chi connectivity index (χ1) is 10.2. The molecule has 2 heterocycles. The number of rotatable bonds is 8. The van der Waals surface area contributed by atoms with Crippen LogP contribution in [0.2, 0.25) is 0 Å². The summed E-state index contributed by atoms with van der Waals surface area (Å²) in [5.74, 6) is 0. The van der Waals surface area contributed by atoms with Gasteiger partial charge >= 0.3 is 0 Å². The molecule has 2 aromatic heterocycles. The molecule has 0 saturated heterocycles. The quantitative estimate of drug-likeness (QED) is 0.813. The van der Waals surface area contributed by atoms with Gasteiger partial charge in [0, 0.05) is 25.9 Å². The fraction of sp³-hybridized carbons (Fsp3) is 0.625. The smallest absolute Gasteiger partial charge is 0.0946 e. The Labute approximate surface area is 127 Å². The number of hydrogen-bond donors (Lipinski definition) is 1. The van der Waals surface area contributed by atoms with Gasteiger partial charge in [0.1, 0.15) is 0 Å². The van der Waals surface area contributed by atoms with Gasteiger partial charge in [0.25, 0.3) is 0 Å². The van der Waals surface area contributed by atoms with Crippen molar-refractivity contribution in [2.45, 2.75) is 52.1 Å². The molecule has 1 unspecified atom stereocenters. The van der Waals surface area contributed by atoms with Crippen LogP contribution in [0.3, 0.4) is 0 Å². The maximum atomic E-state index is 4.76. The summed E-state index contributed by atoms with van der Waals surface area (Å²) in [4.78, 5) is 4.22. The van der Waals surface area contributed by atoms with Gasteiger partial charge in [-0.1, -0.05) is 20.8 Å². The molecular formula is C16H27N5. The van der Waals surface area contributed by atoms with E-state index < -0.39 is 0 Å². The molecule has 0 bridgehead atoms. The van der Waals surface area contributed by atoms with E-state index in [1.54, 1.807) is 0 Å². The van der Waals surface area contributed by atoms with E-state index in [1.165, 1.54) is 5.69 Å². The van der Waals surface area contributed by atoms with Crippen molar-refractivity contribution in [2.24, 2.45) is 7.05 Å². The molecule has 0 amide bonds. The van der Waals surface area contributed by atoms with Gasteiger partial charge in [-0.3, -0.25) is 4.68 Å². The highest BCUT2D eigenvalue weighted by Gasteiger charge is 2.16. The molecule has 0 aliphatic heterocycles. The van der Waals surface area contributed by atoms with Crippen molar-refractivity contribution in [3.8, 4) is 0 Å². The topological polar surface area (TPSA) is 47.7 Å². The summed E-state index contributed by atoms with van der Waals surface area (Å²) in [5.41, 5.74) is 2.34. The number of likely N-dealkylation sites (N-methyl/N-ethyl adjacent to an activating group) is 1. The van der Waals surface area contributed by atoms with Gasteiger partial charge in [0.15, 0.2) is 0 Å². The number of aryl methyl sites for hydroxylation is 1. The van der Waals surface area contributed by atoms with E-state index in [9.17, 15) is 0 Å². The second-order valence-electron chi connectivity index (χ2n) is 5.50. The van der Waals surface area contributed by atoms with Crippen molar-refractivity contribution in [3.63, 3.8) is 0 Å². The maximum Gasteiger partial charge on any atom is 0.0946 e. The van der Waals surface area contributed by atoms with E-state index in [0.29, 0.717) is 6.04 Å². The Morgan fingerprint density at radius 3 is 2.57 bits per heavy atom. The zero-order valence-electron chi connectivity index (χ0n) is 13.6. The SMILES string of the molecule is CCNC(Cc1ccn(C(CC)CC)n1)c1cncn1C. The predicted molar refractivity (Wildman–Crippen MR) is 85.2 cm³/mol. The summed E-state index contributed by atoms with van der Waals surface area (Å²) in [7, 11) is 2.04. The zero-order chi connectivity index (χ0) is 15.2. The monoisotopic (exact) mass is 289 g/mol. The Kier molecular flexibility index (Phi) is 5.56. The molecule has 5 nitrogen and oxygen atoms in total. The third-order valence-electron chi connectivity index (χ3n) is 4.05. The molecule has 1 atom stereocenters. The fourth-order valence-corrected chi connectivity index (χ4v) is 2.79. The van der Waals surface area contributed by atoms with Crippen LogP contribution in [-0.4, -0.2) is 25.9 Å². The van der Waals surface area contributed by atoms with E-state index in [2.05, 4.69) is 52.6 Å². The lowest BCUT2D eigenvalue weighted by Gasteiger charge is -2.17. The van der Waals surface area contributed by atoms with Gasteiger partial charge < -0.3 is 9.88 Å². The molecule has 0 aliphatic carbocycles. The Morgan fingerprint density at radius 1 is 1.24 bits per heavy atom. The molecule has 0 spiro atoms. The number of imidazole rings is 1. The van der Waals surface area contributed by atoms with Gasteiger partial charge in [-0.2, -0.15) is 5.10 Å². The Balaban J connectivity index is 2.12. The van der Waals surface area contributed by atoms with Gasteiger partial charge in [-0.25, -0.2) is 4.98 Å². The van der Waals surface area contributed by atoms with Crippen LogP contribution in [0.5, 0.6) is 0 Å². The van der Waals surface area contributed by atoms with E-state index in [0.717, 1.165) is 31.5 Å². The molecule has 0 saturated carbocycles. The standard InChI is InChI=1S/C16H27N5/c1-5-14(6-2)21-9-8-13(19-21)10-15(18-7-3)16-11-17-12-20(16)4/h8-9,11-12,14-15,18H,5-7,10H2,1-4H3. The molecule has 116 valence electrons. The minimum atomic E-state index is 0.257. The average Bonchev–Trinajstić information content (AvgIpc) is 3.09. The summed E-state index contributed by atoms with van der Waals surface area (Å²) in [6.45, 7) is 7.49. The third-order valence-corrected chi connectivity index (χ3v) is 4.05. The van der Waals surface area contributed by atoms with Crippen molar-refractivity contribution in [1.29, 1.82) is 0 Å². The second-order valence-corrected chi connectivity index (χ2v) is 5.50. The zero-order valence-corrected chi connectivity index (χ0v) is 13.6. The maximum absolute atomic E-state index is 4.76. The number of aromatic nitrogens is 4. The van der Waals surface area contributed by atoms with Crippen LogP contribution in [0.25, 0.3) is 0 Å². The minimum absolute atomic E-state index is 0.257. The molecule has 1 N–H and O–H groups in total. The van der Waals surface area contributed by atoms with E-state index in [4.69, 9.17) is 5.10 Å². The van der Waals surface area contributed by atoms with Gasteiger partial charge in [0.2, 0.25) is 0 Å². The van der Waals surface area contributed by atoms with Crippen LogP contribution < -0.4 is 5.32 Å². The van der Waals surface area contributed by atoms with Gasteiger partial charge in [-0.05, 0) is 25.5 Å². The van der Waals surface area contributed by atoms with Crippen LogP contribution in [0, 0.1) is 0 Å². The fourth-order valence-electron chi connectivity index (χ4n) is 2.79. The first kappa shape index (κ1) is 15.8. The van der Waals surface area contributed by atoms with Crippen molar-refractivity contribution in [2.75, 3.05) is 6.54 Å². The van der Waals surface area contributed by atoms with Crippen LogP contribution in [0.4, 0.5) is 0 Å². The number of nitrogens with one attached hydrogen (secondary N) is 1. The van der Waals surface area contributed by atoms with Gasteiger partial charge in [0.05, 0.1) is 29.8 Å². The first-order valence-corrected chi connectivity index (χ1v) is 7.93. The van der Waals surface area contributed by atoms with Crippen LogP contribution in [0.1, 0.15) is 57.1 Å². The highest BCUT2D eigenvalue weighted by Crippen LogP contribution is 2.19. The Bertz CT molecular complexity index is 538. The van der Waals surface area contributed by atoms with Gasteiger partial charge in [-0.15, -0.1) is 0 Å². The summed E-state index contributed by atoms with van der Waals surface area (Å²) < 4.78 is 4.19. The number of hydrogen-bond acceptors (Lipinski definition) is 3. The minimum Gasteiger partial charge on any atom is -0.336 e. The molecule has 0 aliphatic rings. The molecule has 5 heteroatoms. The Hall–Kier alpha value is -1.62. The highest BCUT2D eigenvalue weighted by atomic mass is 15.3. The third kappa shape index (κ3) is 3.73. The van der Waals surface area contributed by atoms with Crippen LogP contribution in [0.15, 0.2) is 24.8 Å². The largest absolute Gasteiger partial charge is 0.336 e. The van der Waals surface area contributed by atoms with E-state index in [1.807, 2.05) is 19.6 Å². The second kappa shape index (κ2) is 7.41. The molecule has 21 heavy (non-hydrogen) atoms. The highest BCUT2D eigenvalue weighted by molar-refractivity contribution is 5.11. The predicted octanol–water partition coefficient (Wildman–Crippen LogP) is 2.87. The lowest BCUT2D eigenvalue weighted by atomic mass is 10.1. The molecule has 2 aromatic rings. The Morgan fingerprint density at radius 2 is 2.00 bits per heavy atom. The first-order valence-electron chi connectivity index (χ1n) is 7.93. The normalized spacial score (nSPS) is 13.0. The van der Waals surface area contributed by atoms with Crippen LogP contribution >= 0.6 is 0 Å². The summed E-state index contributed by atoms with van der Waals surface area (Å²) >= 11 is 0. The number of nitrogens with zero attached hydrogens (tertiary/aromatic N) is 4. The van der Waals surface area contributed by atoms with E-state index >= 15 is 0 Å². The summed E-state index contributed by atoms with van der Waals surface area (Å²) in [6, 6.07) is 2.90. The summed E-state index contributed by atoms with van der Waals surface area (Å²) in [6.07, 6.45) is 9.03. The molecule has 0 fully saturated rings. The molecule has 2 rings (SSSR count). The lowest BCUT2D eigenvalue weighted by Crippen LogP contribution is -2.25. The average molecular weight is 289 g/mol. The molecule has 0 aromatic carbocycles. The van der Waals surface area contributed by atoms with Crippen molar-refractivity contribution in [1.82, 2.24) is 24.6 Å². The van der Waals surface area contributed by atoms with E-state index in [-0.39, 0.29) is 6.04 Å². The molecular weight excluding hydrogens is 262 g/mol. The summed E-state index contributed by atoms with van der Waals surface area (Å²) in [5, 5.41) is 8.29. The van der Waals surface area contributed by atoms with Crippen LogP contribution in [-0.2, 0) is 13.5 Å².